The number of rotatable bonds is 8. The van der Waals surface area contributed by atoms with Crippen molar-refractivity contribution in [3.8, 4) is 0 Å². The van der Waals surface area contributed by atoms with Gasteiger partial charge in [-0.15, -0.1) is 10.2 Å². The Morgan fingerprint density at radius 2 is 1.85 bits per heavy atom. The molecule has 0 atom stereocenters. The molecule has 0 spiro atoms. The standard InChI is InChI=1S/C23H30N6O2S2/c1-2-28-20-11-10-18(33(30,31)27-12-4-3-5-13-27)14-19(20)24-21(28)15-32-23-26-25-22(16-6-7-16)29(23)17-8-9-17/h10-11,14,16-17H,2-9,12-13,15H2,1H3. The van der Waals surface area contributed by atoms with Gasteiger partial charge in [-0.05, 0) is 63.6 Å². The van der Waals surface area contributed by atoms with E-state index in [2.05, 4.69) is 26.3 Å². The second-order valence-electron chi connectivity index (χ2n) is 9.39. The summed E-state index contributed by atoms with van der Waals surface area (Å²) in [4.78, 5) is 5.21. The van der Waals surface area contributed by atoms with Gasteiger partial charge in [0.1, 0.15) is 11.6 Å². The van der Waals surface area contributed by atoms with Gasteiger partial charge in [-0.1, -0.05) is 18.2 Å². The molecule has 0 N–H and O–H groups in total. The second kappa shape index (κ2) is 8.39. The van der Waals surface area contributed by atoms with Crippen LogP contribution in [0.4, 0.5) is 0 Å². The van der Waals surface area contributed by atoms with Gasteiger partial charge in [0.15, 0.2) is 5.16 Å². The van der Waals surface area contributed by atoms with Crippen LogP contribution in [0.25, 0.3) is 11.0 Å². The van der Waals surface area contributed by atoms with Crippen LogP contribution in [0.1, 0.15) is 75.5 Å². The minimum atomic E-state index is -3.47. The highest BCUT2D eigenvalue weighted by atomic mass is 32.2. The van der Waals surface area contributed by atoms with E-state index in [0.29, 0.717) is 35.7 Å². The Bertz CT molecular complexity index is 1280. The van der Waals surface area contributed by atoms with Crippen LogP contribution in [0, 0.1) is 0 Å². The van der Waals surface area contributed by atoms with Gasteiger partial charge >= 0.3 is 0 Å². The lowest BCUT2D eigenvalue weighted by atomic mass is 10.2. The summed E-state index contributed by atoms with van der Waals surface area (Å²) in [5.74, 6) is 3.39. The van der Waals surface area contributed by atoms with Gasteiger partial charge in [0, 0.05) is 31.6 Å². The lowest BCUT2D eigenvalue weighted by Crippen LogP contribution is -2.35. The van der Waals surface area contributed by atoms with Crippen molar-refractivity contribution in [2.24, 2.45) is 0 Å². The van der Waals surface area contributed by atoms with E-state index < -0.39 is 10.0 Å². The molecule has 3 heterocycles. The second-order valence-corrected chi connectivity index (χ2v) is 12.3. The number of aryl methyl sites for hydroxylation is 1. The predicted octanol–water partition coefficient (Wildman–Crippen LogP) is 4.33. The van der Waals surface area contributed by atoms with Crippen LogP contribution in [0.2, 0.25) is 0 Å². The van der Waals surface area contributed by atoms with Gasteiger partial charge in [0.2, 0.25) is 10.0 Å². The van der Waals surface area contributed by atoms with Crippen molar-refractivity contribution in [1.82, 2.24) is 28.6 Å². The third-order valence-electron chi connectivity index (χ3n) is 6.94. The van der Waals surface area contributed by atoms with Gasteiger partial charge in [0.25, 0.3) is 0 Å². The van der Waals surface area contributed by atoms with E-state index in [4.69, 9.17) is 4.98 Å². The first-order valence-electron chi connectivity index (χ1n) is 12.1. The molecule has 1 aromatic carbocycles. The molecule has 0 unspecified atom stereocenters. The van der Waals surface area contributed by atoms with Crippen molar-refractivity contribution in [2.75, 3.05) is 13.1 Å². The van der Waals surface area contributed by atoms with Crippen molar-refractivity contribution in [3.63, 3.8) is 0 Å². The lowest BCUT2D eigenvalue weighted by molar-refractivity contribution is 0.346. The van der Waals surface area contributed by atoms with E-state index in [0.717, 1.165) is 53.6 Å². The van der Waals surface area contributed by atoms with E-state index in [1.807, 2.05) is 6.07 Å². The summed E-state index contributed by atoms with van der Waals surface area (Å²) in [5, 5.41) is 10.0. The summed E-state index contributed by atoms with van der Waals surface area (Å²) in [6.07, 6.45) is 7.85. The quantitative estimate of drug-likeness (QED) is 0.441. The molecule has 0 bridgehead atoms. The maximum absolute atomic E-state index is 13.1. The Labute approximate surface area is 198 Å². The summed E-state index contributed by atoms with van der Waals surface area (Å²) >= 11 is 1.69. The van der Waals surface area contributed by atoms with Crippen LogP contribution in [0.15, 0.2) is 28.3 Å². The number of sulfonamides is 1. The summed E-state index contributed by atoms with van der Waals surface area (Å²) in [6, 6.07) is 5.96. The molecule has 1 saturated heterocycles. The lowest BCUT2D eigenvalue weighted by Gasteiger charge is -2.25. The number of benzene rings is 1. The van der Waals surface area contributed by atoms with E-state index in [-0.39, 0.29) is 0 Å². The Morgan fingerprint density at radius 1 is 1.06 bits per heavy atom. The Kier molecular flexibility index (Phi) is 5.49. The number of piperidine rings is 1. The first-order valence-corrected chi connectivity index (χ1v) is 14.6. The number of hydrogen-bond acceptors (Lipinski definition) is 6. The minimum Gasteiger partial charge on any atom is -0.328 e. The fourth-order valence-corrected chi connectivity index (χ4v) is 7.35. The fraction of sp³-hybridized carbons (Fsp3) is 0.609. The molecule has 3 aromatic rings. The van der Waals surface area contributed by atoms with Gasteiger partial charge in [-0.2, -0.15) is 4.31 Å². The molecule has 6 rings (SSSR count). The van der Waals surface area contributed by atoms with E-state index in [9.17, 15) is 8.42 Å². The normalized spacial score (nSPS) is 20.0. The summed E-state index contributed by atoms with van der Waals surface area (Å²) in [6.45, 7) is 4.10. The molecule has 33 heavy (non-hydrogen) atoms. The zero-order valence-corrected chi connectivity index (χ0v) is 20.6. The molecule has 2 aliphatic carbocycles. The average molecular weight is 487 g/mol. The topological polar surface area (TPSA) is 85.9 Å². The van der Waals surface area contributed by atoms with E-state index in [1.165, 1.54) is 25.7 Å². The maximum atomic E-state index is 13.1. The monoisotopic (exact) mass is 486 g/mol. The molecule has 3 aliphatic rings. The SMILES string of the molecule is CCn1c(CSc2nnc(C3CC3)n2C2CC2)nc2cc(S(=O)(=O)N3CCCCC3)ccc21. The molecule has 0 amide bonds. The van der Waals surface area contributed by atoms with Gasteiger partial charge in [-0.3, -0.25) is 0 Å². The summed E-state index contributed by atoms with van der Waals surface area (Å²) in [5.41, 5.74) is 1.72. The molecule has 176 valence electrons. The molecule has 2 saturated carbocycles. The smallest absolute Gasteiger partial charge is 0.243 e. The number of fused-ring (bicyclic) bond motifs is 1. The molecule has 0 radical (unpaired) electrons. The third-order valence-corrected chi connectivity index (χ3v) is 9.78. The number of hydrogen-bond donors (Lipinski definition) is 0. The molecule has 3 fully saturated rings. The van der Waals surface area contributed by atoms with Gasteiger partial charge in [0.05, 0.1) is 21.7 Å². The number of nitrogens with zero attached hydrogens (tertiary/aromatic N) is 6. The first kappa shape index (κ1) is 21.6. The van der Waals surface area contributed by atoms with Crippen LogP contribution in [-0.4, -0.2) is 50.1 Å². The molecule has 8 nitrogen and oxygen atoms in total. The van der Waals surface area contributed by atoms with E-state index >= 15 is 0 Å². The molecular formula is C23H30N6O2S2. The van der Waals surface area contributed by atoms with Crippen LogP contribution >= 0.6 is 11.8 Å². The third kappa shape index (κ3) is 4.00. The number of thioether (sulfide) groups is 1. The molecule has 1 aliphatic heterocycles. The molecule has 10 heteroatoms. The summed E-state index contributed by atoms with van der Waals surface area (Å²) < 4.78 is 32.4. The highest BCUT2D eigenvalue weighted by Crippen LogP contribution is 2.46. The van der Waals surface area contributed by atoms with Crippen molar-refractivity contribution >= 4 is 32.8 Å². The minimum absolute atomic E-state index is 0.347. The molecule has 2 aromatic heterocycles. The number of imidazole rings is 1. The van der Waals surface area contributed by atoms with Crippen LogP contribution in [0.5, 0.6) is 0 Å². The molecular weight excluding hydrogens is 456 g/mol. The zero-order chi connectivity index (χ0) is 22.6. The van der Waals surface area contributed by atoms with Crippen molar-refractivity contribution < 1.29 is 8.42 Å². The highest BCUT2D eigenvalue weighted by molar-refractivity contribution is 7.98. The first-order chi connectivity index (χ1) is 16.1. The Morgan fingerprint density at radius 3 is 2.55 bits per heavy atom. The fourth-order valence-electron chi connectivity index (χ4n) is 4.85. The van der Waals surface area contributed by atoms with Crippen LogP contribution in [-0.2, 0) is 22.3 Å². The van der Waals surface area contributed by atoms with Crippen molar-refractivity contribution in [3.05, 3.63) is 29.8 Å². The predicted molar refractivity (Wildman–Crippen MR) is 128 cm³/mol. The largest absolute Gasteiger partial charge is 0.328 e. The Balaban J connectivity index is 1.28. The Hall–Kier alpha value is -1.91. The van der Waals surface area contributed by atoms with Crippen LogP contribution < -0.4 is 0 Å². The summed E-state index contributed by atoms with van der Waals surface area (Å²) in [7, 11) is -3.47. The zero-order valence-electron chi connectivity index (χ0n) is 19.0. The van der Waals surface area contributed by atoms with Gasteiger partial charge < -0.3 is 9.13 Å². The average Bonchev–Trinajstić information content (AvgIpc) is 3.77. The van der Waals surface area contributed by atoms with Crippen LogP contribution in [0.3, 0.4) is 0 Å². The maximum Gasteiger partial charge on any atom is 0.243 e. The van der Waals surface area contributed by atoms with Crippen molar-refractivity contribution in [2.45, 2.75) is 86.2 Å². The number of aromatic nitrogens is 5. The van der Waals surface area contributed by atoms with Gasteiger partial charge in [-0.25, -0.2) is 13.4 Å². The van der Waals surface area contributed by atoms with E-state index in [1.54, 1.807) is 28.2 Å². The van der Waals surface area contributed by atoms with Crippen molar-refractivity contribution in [1.29, 1.82) is 0 Å². The highest BCUT2D eigenvalue weighted by Gasteiger charge is 2.36.